The molecular weight excluding hydrogens is 244 g/mol. The fourth-order valence-corrected chi connectivity index (χ4v) is 1.90. The number of aryl methyl sites for hydroxylation is 2. The number of carbonyl (C=O) groups is 1. The Morgan fingerprint density at radius 1 is 1.37 bits per heavy atom. The maximum atomic E-state index is 10.9. The molecule has 0 bridgehead atoms. The van der Waals surface area contributed by atoms with Crippen molar-refractivity contribution in [3.63, 3.8) is 0 Å². The number of rotatable bonds is 5. The highest BCUT2D eigenvalue weighted by Gasteiger charge is 2.08. The van der Waals surface area contributed by atoms with Crippen LogP contribution >= 0.6 is 0 Å². The molecule has 2 aromatic rings. The Bertz CT molecular complexity index is 571. The number of benzene rings is 1. The molecule has 1 aromatic carbocycles. The zero-order valence-corrected chi connectivity index (χ0v) is 10.9. The fraction of sp³-hybridized carbons (Fsp3) is 0.286. The first kappa shape index (κ1) is 13.3. The molecule has 0 aliphatic rings. The number of nitrogens with one attached hydrogen (secondary N) is 1. The van der Waals surface area contributed by atoms with Gasteiger partial charge in [-0.3, -0.25) is 0 Å². The van der Waals surface area contributed by atoms with E-state index in [1.54, 1.807) is 18.2 Å². The standard InChI is InChI=1S/C14H16N2O3/c1-9-13(10(2)19-16-9)8-15-7-11-4-3-5-12(6-11)14(17)18/h3-6,15H,7-8H2,1-2H3,(H,17,18). The number of nitrogens with zero attached hydrogens (tertiary/aromatic N) is 1. The summed E-state index contributed by atoms with van der Waals surface area (Å²) in [6.45, 7) is 5.03. The highest BCUT2D eigenvalue weighted by Crippen LogP contribution is 2.12. The Kier molecular flexibility index (Phi) is 3.97. The van der Waals surface area contributed by atoms with Crippen LogP contribution in [0.25, 0.3) is 0 Å². The SMILES string of the molecule is Cc1noc(C)c1CNCc1cccc(C(=O)O)c1. The molecule has 100 valence electrons. The van der Waals surface area contributed by atoms with Crippen LogP contribution in [0.1, 0.15) is 32.9 Å². The molecule has 0 amide bonds. The van der Waals surface area contributed by atoms with E-state index in [0.29, 0.717) is 18.7 Å². The molecule has 2 N–H and O–H groups in total. The van der Waals surface area contributed by atoms with E-state index in [2.05, 4.69) is 10.5 Å². The molecule has 0 spiro atoms. The van der Waals surface area contributed by atoms with Gasteiger partial charge in [0.25, 0.3) is 0 Å². The van der Waals surface area contributed by atoms with Crippen molar-refractivity contribution in [3.05, 3.63) is 52.4 Å². The van der Waals surface area contributed by atoms with Gasteiger partial charge in [0.2, 0.25) is 0 Å². The summed E-state index contributed by atoms with van der Waals surface area (Å²) in [5, 5.41) is 16.1. The Balaban J connectivity index is 1.96. The van der Waals surface area contributed by atoms with Crippen LogP contribution in [0.3, 0.4) is 0 Å². The molecule has 0 saturated heterocycles. The van der Waals surface area contributed by atoms with Gasteiger partial charge in [-0.1, -0.05) is 17.3 Å². The molecule has 0 aliphatic carbocycles. The van der Waals surface area contributed by atoms with Gasteiger partial charge in [-0.15, -0.1) is 0 Å². The van der Waals surface area contributed by atoms with E-state index < -0.39 is 5.97 Å². The van der Waals surface area contributed by atoms with Crippen molar-refractivity contribution < 1.29 is 14.4 Å². The van der Waals surface area contributed by atoms with Crippen LogP contribution in [0.5, 0.6) is 0 Å². The van der Waals surface area contributed by atoms with Crippen molar-refractivity contribution in [2.45, 2.75) is 26.9 Å². The topological polar surface area (TPSA) is 75.4 Å². The van der Waals surface area contributed by atoms with Gasteiger partial charge in [0.15, 0.2) is 0 Å². The summed E-state index contributed by atoms with van der Waals surface area (Å²) in [5.74, 6) is -0.100. The Morgan fingerprint density at radius 3 is 2.79 bits per heavy atom. The van der Waals surface area contributed by atoms with E-state index in [4.69, 9.17) is 9.63 Å². The van der Waals surface area contributed by atoms with Crippen LogP contribution in [0, 0.1) is 13.8 Å². The van der Waals surface area contributed by atoms with Gasteiger partial charge in [-0.05, 0) is 31.5 Å². The first-order valence-electron chi connectivity index (χ1n) is 6.02. The molecule has 19 heavy (non-hydrogen) atoms. The lowest BCUT2D eigenvalue weighted by molar-refractivity contribution is 0.0696. The Morgan fingerprint density at radius 2 is 2.16 bits per heavy atom. The highest BCUT2D eigenvalue weighted by atomic mass is 16.5. The van der Waals surface area contributed by atoms with Gasteiger partial charge in [-0.2, -0.15) is 0 Å². The number of carboxylic acids is 1. The lowest BCUT2D eigenvalue weighted by atomic mass is 10.1. The number of carboxylic acid groups (broad SMARTS) is 1. The lowest BCUT2D eigenvalue weighted by Crippen LogP contribution is -2.14. The van der Waals surface area contributed by atoms with Crippen molar-refractivity contribution in [1.29, 1.82) is 0 Å². The van der Waals surface area contributed by atoms with E-state index >= 15 is 0 Å². The van der Waals surface area contributed by atoms with Gasteiger partial charge in [0.1, 0.15) is 5.76 Å². The number of hydrogen-bond acceptors (Lipinski definition) is 4. The van der Waals surface area contributed by atoms with Crippen molar-refractivity contribution in [1.82, 2.24) is 10.5 Å². The number of aromatic nitrogens is 1. The monoisotopic (exact) mass is 260 g/mol. The summed E-state index contributed by atoms with van der Waals surface area (Å²) in [6, 6.07) is 6.89. The zero-order chi connectivity index (χ0) is 13.8. The molecule has 0 atom stereocenters. The van der Waals surface area contributed by atoms with Crippen molar-refractivity contribution in [3.8, 4) is 0 Å². The van der Waals surface area contributed by atoms with Crippen LogP contribution in [0.15, 0.2) is 28.8 Å². The smallest absolute Gasteiger partial charge is 0.335 e. The van der Waals surface area contributed by atoms with Gasteiger partial charge < -0.3 is 14.9 Å². The Hall–Kier alpha value is -2.14. The second-order valence-electron chi connectivity index (χ2n) is 4.41. The second kappa shape index (κ2) is 5.67. The first-order chi connectivity index (χ1) is 9.08. The average molecular weight is 260 g/mol. The molecule has 2 rings (SSSR count). The molecule has 0 unspecified atom stereocenters. The summed E-state index contributed by atoms with van der Waals surface area (Å²) < 4.78 is 5.08. The number of hydrogen-bond donors (Lipinski definition) is 2. The highest BCUT2D eigenvalue weighted by molar-refractivity contribution is 5.87. The van der Waals surface area contributed by atoms with Crippen LogP contribution in [0.4, 0.5) is 0 Å². The third-order valence-electron chi connectivity index (χ3n) is 2.99. The molecule has 0 saturated carbocycles. The number of aromatic carboxylic acids is 1. The predicted octanol–water partition coefficient (Wildman–Crippen LogP) is 2.28. The quantitative estimate of drug-likeness (QED) is 0.862. The van der Waals surface area contributed by atoms with Crippen LogP contribution in [-0.2, 0) is 13.1 Å². The first-order valence-corrected chi connectivity index (χ1v) is 6.02. The fourth-order valence-electron chi connectivity index (χ4n) is 1.90. The van der Waals surface area contributed by atoms with E-state index in [1.807, 2.05) is 19.9 Å². The molecule has 5 nitrogen and oxygen atoms in total. The second-order valence-corrected chi connectivity index (χ2v) is 4.41. The average Bonchev–Trinajstić information content (AvgIpc) is 2.71. The van der Waals surface area contributed by atoms with Crippen molar-refractivity contribution in [2.24, 2.45) is 0 Å². The van der Waals surface area contributed by atoms with Crippen LogP contribution < -0.4 is 5.32 Å². The van der Waals surface area contributed by atoms with E-state index in [9.17, 15) is 4.79 Å². The minimum Gasteiger partial charge on any atom is -0.478 e. The minimum absolute atomic E-state index is 0.302. The van der Waals surface area contributed by atoms with Gasteiger partial charge in [0, 0.05) is 18.7 Å². The maximum absolute atomic E-state index is 10.9. The van der Waals surface area contributed by atoms with Gasteiger partial charge in [0.05, 0.1) is 11.3 Å². The molecule has 5 heteroatoms. The Labute approximate surface area is 111 Å². The van der Waals surface area contributed by atoms with E-state index in [1.165, 1.54) is 0 Å². The molecule has 1 aromatic heterocycles. The molecule has 1 heterocycles. The summed E-state index contributed by atoms with van der Waals surface area (Å²) in [6.07, 6.45) is 0. The predicted molar refractivity (Wildman–Crippen MR) is 69.9 cm³/mol. The minimum atomic E-state index is -0.910. The normalized spacial score (nSPS) is 10.6. The summed E-state index contributed by atoms with van der Waals surface area (Å²) in [4.78, 5) is 10.9. The molecule has 0 aliphatic heterocycles. The lowest BCUT2D eigenvalue weighted by Gasteiger charge is -2.05. The summed E-state index contributed by atoms with van der Waals surface area (Å²) in [5.41, 5.74) is 3.17. The zero-order valence-electron chi connectivity index (χ0n) is 10.9. The van der Waals surface area contributed by atoms with Gasteiger partial charge in [-0.25, -0.2) is 4.79 Å². The largest absolute Gasteiger partial charge is 0.478 e. The summed E-state index contributed by atoms with van der Waals surface area (Å²) in [7, 11) is 0. The van der Waals surface area contributed by atoms with Crippen molar-refractivity contribution in [2.75, 3.05) is 0 Å². The molecule has 0 fully saturated rings. The third kappa shape index (κ3) is 3.20. The third-order valence-corrected chi connectivity index (χ3v) is 2.99. The van der Waals surface area contributed by atoms with Crippen LogP contribution in [0.2, 0.25) is 0 Å². The maximum Gasteiger partial charge on any atom is 0.335 e. The molecular formula is C14H16N2O3. The van der Waals surface area contributed by atoms with Crippen LogP contribution in [-0.4, -0.2) is 16.2 Å². The van der Waals surface area contributed by atoms with E-state index in [-0.39, 0.29) is 0 Å². The van der Waals surface area contributed by atoms with Crippen molar-refractivity contribution >= 4 is 5.97 Å². The summed E-state index contributed by atoms with van der Waals surface area (Å²) >= 11 is 0. The molecule has 0 radical (unpaired) electrons. The van der Waals surface area contributed by atoms with E-state index in [0.717, 1.165) is 22.6 Å². The van der Waals surface area contributed by atoms with Gasteiger partial charge >= 0.3 is 5.97 Å².